The maximum atomic E-state index is 11.6. The van der Waals surface area contributed by atoms with Gasteiger partial charge < -0.3 is 16.0 Å². The maximum Gasteiger partial charge on any atom is 0.242 e. The summed E-state index contributed by atoms with van der Waals surface area (Å²) >= 11 is 5.97. The van der Waals surface area contributed by atoms with Gasteiger partial charge in [-0.25, -0.2) is 4.99 Å². The SMILES string of the molecule is CCNC(=NCC(=O)NC1CC1)NCCc1cccc(Cl)c1.I. The minimum atomic E-state index is -0.0189. The van der Waals surface area contributed by atoms with Gasteiger partial charge in [-0.2, -0.15) is 0 Å². The first-order valence-corrected chi connectivity index (χ1v) is 8.11. The maximum absolute atomic E-state index is 11.6. The third kappa shape index (κ3) is 8.41. The number of rotatable bonds is 7. The molecule has 0 unspecified atom stereocenters. The molecule has 1 aromatic rings. The second kappa shape index (κ2) is 10.7. The Morgan fingerprint density at radius 2 is 2.13 bits per heavy atom. The zero-order valence-corrected chi connectivity index (χ0v) is 16.4. The molecule has 1 aromatic carbocycles. The molecule has 23 heavy (non-hydrogen) atoms. The fourth-order valence-electron chi connectivity index (χ4n) is 2.01. The summed E-state index contributed by atoms with van der Waals surface area (Å²) in [4.78, 5) is 15.9. The lowest BCUT2D eigenvalue weighted by Gasteiger charge is -2.11. The molecule has 0 aliphatic heterocycles. The topological polar surface area (TPSA) is 65.5 Å². The smallest absolute Gasteiger partial charge is 0.242 e. The number of benzene rings is 1. The van der Waals surface area contributed by atoms with Crippen LogP contribution in [0.25, 0.3) is 0 Å². The summed E-state index contributed by atoms with van der Waals surface area (Å²) in [7, 11) is 0. The van der Waals surface area contributed by atoms with E-state index in [1.807, 2.05) is 31.2 Å². The summed E-state index contributed by atoms with van der Waals surface area (Å²) in [6, 6.07) is 8.18. The Kier molecular flexibility index (Phi) is 9.31. The average Bonchev–Trinajstić information content (AvgIpc) is 3.29. The standard InChI is InChI=1S/C16H23ClN4O.HI/c1-2-18-16(20-11-15(22)21-14-6-7-14)19-9-8-12-4-3-5-13(17)10-12;/h3-5,10,14H,2,6-9,11H2,1H3,(H,21,22)(H2,18,19,20);1H. The van der Waals surface area contributed by atoms with Crippen LogP contribution in [0.2, 0.25) is 5.02 Å². The fourth-order valence-corrected chi connectivity index (χ4v) is 2.22. The van der Waals surface area contributed by atoms with E-state index in [9.17, 15) is 4.79 Å². The number of amides is 1. The molecule has 1 saturated carbocycles. The van der Waals surface area contributed by atoms with Crippen molar-refractivity contribution in [2.75, 3.05) is 19.6 Å². The normalized spacial score (nSPS) is 13.9. The van der Waals surface area contributed by atoms with Crippen molar-refractivity contribution in [3.8, 4) is 0 Å². The van der Waals surface area contributed by atoms with Crippen LogP contribution in [0.15, 0.2) is 29.3 Å². The van der Waals surface area contributed by atoms with E-state index in [1.165, 1.54) is 5.56 Å². The summed E-state index contributed by atoms with van der Waals surface area (Å²) in [5.41, 5.74) is 1.17. The number of hydrogen-bond acceptors (Lipinski definition) is 2. The molecule has 0 radical (unpaired) electrons. The first-order valence-electron chi connectivity index (χ1n) is 7.73. The van der Waals surface area contributed by atoms with Gasteiger partial charge in [0.15, 0.2) is 5.96 Å². The largest absolute Gasteiger partial charge is 0.357 e. The number of carbonyl (C=O) groups is 1. The third-order valence-corrected chi connectivity index (χ3v) is 3.50. The molecule has 2 rings (SSSR count). The predicted molar refractivity (Wildman–Crippen MR) is 106 cm³/mol. The van der Waals surface area contributed by atoms with Crippen LogP contribution in [-0.4, -0.2) is 37.5 Å². The molecule has 1 aliphatic carbocycles. The average molecular weight is 451 g/mol. The minimum Gasteiger partial charge on any atom is -0.357 e. The first-order chi connectivity index (χ1) is 10.7. The van der Waals surface area contributed by atoms with Crippen LogP contribution in [-0.2, 0) is 11.2 Å². The van der Waals surface area contributed by atoms with Crippen molar-refractivity contribution in [3.63, 3.8) is 0 Å². The number of aliphatic imine (C=N–C) groups is 1. The van der Waals surface area contributed by atoms with Crippen molar-refractivity contribution in [1.82, 2.24) is 16.0 Å². The van der Waals surface area contributed by atoms with Gasteiger partial charge in [-0.1, -0.05) is 23.7 Å². The van der Waals surface area contributed by atoms with Crippen molar-refractivity contribution in [2.24, 2.45) is 4.99 Å². The molecule has 0 heterocycles. The van der Waals surface area contributed by atoms with E-state index >= 15 is 0 Å². The van der Waals surface area contributed by atoms with E-state index in [1.54, 1.807) is 0 Å². The van der Waals surface area contributed by atoms with Crippen LogP contribution in [0.4, 0.5) is 0 Å². The van der Waals surface area contributed by atoms with Gasteiger partial charge in [-0.3, -0.25) is 4.79 Å². The third-order valence-electron chi connectivity index (χ3n) is 3.26. The molecule has 5 nitrogen and oxygen atoms in total. The molecule has 0 aromatic heterocycles. The number of nitrogens with zero attached hydrogens (tertiary/aromatic N) is 1. The molecule has 7 heteroatoms. The molecule has 0 atom stereocenters. The highest BCUT2D eigenvalue weighted by Crippen LogP contribution is 2.18. The van der Waals surface area contributed by atoms with Gasteiger partial charge in [-0.15, -0.1) is 24.0 Å². The van der Waals surface area contributed by atoms with E-state index in [4.69, 9.17) is 11.6 Å². The lowest BCUT2D eigenvalue weighted by Crippen LogP contribution is -2.39. The Bertz CT molecular complexity index is 535. The molecule has 1 fully saturated rings. The summed E-state index contributed by atoms with van der Waals surface area (Å²) < 4.78 is 0. The molecule has 3 N–H and O–H groups in total. The zero-order valence-electron chi connectivity index (χ0n) is 13.3. The monoisotopic (exact) mass is 450 g/mol. The molecule has 128 valence electrons. The highest BCUT2D eigenvalue weighted by atomic mass is 127. The quantitative estimate of drug-likeness (QED) is 0.339. The van der Waals surface area contributed by atoms with Crippen LogP contribution in [0, 0.1) is 0 Å². The number of halogens is 2. The van der Waals surface area contributed by atoms with Crippen molar-refractivity contribution in [3.05, 3.63) is 34.9 Å². The summed E-state index contributed by atoms with van der Waals surface area (Å²) in [6.07, 6.45) is 3.03. The number of guanidine groups is 1. The van der Waals surface area contributed by atoms with Crippen LogP contribution >= 0.6 is 35.6 Å². The number of carbonyl (C=O) groups excluding carboxylic acids is 1. The molecule has 1 amide bonds. The second-order valence-electron chi connectivity index (χ2n) is 5.34. The molecule has 0 saturated heterocycles. The zero-order chi connectivity index (χ0) is 15.8. The Balaban J connectivity index is 0.00000264. The highest BCUT2D eigenvalue weighted by molar-refractivity contribution is 14.0. The first kappa shape index (κ1) is 20.0. The van der Waals surface area contributed by atoms with Gasteiger partial charge in [0.25, 0.3) is 0 Å². The van der Waals surface area contributed by atoms with Gasteiger partial charge in [0.05, 0.1) is 0 Å². The van der Waals surface area contributed by atoms with E-state index in [2.05, 4.69) is 20.9 Å². The molecular weight excluding hydrogens is 427 g/mol. The predicted octanol–water partition coefficient (Wildman–Crippen LogP) is 2.33. The van der Waals surface area contributed by atoms with E-state index in [0.717, 1.165) is 37.4 Å². The fraction of sp³-hybridized carbons (Fsp3) is 0.500. The summed E-state index contributed by atoms with van der Waals surface area (Å²) in [6.45, 7) is 3.64. The van der Waals surface area contributed by atoms with Gasteiger partial charge in [0, 0.05) is 24.2 Å². The van der Waals surface area contributed by atoms with Gasteiger partial charge in [-0.05, 0) is 43.9 Å². The number of hydrogen-bond donors (Lipinski definition) is 3. The van der Waals surface area contributed by atoms with Crippen LogP contribution in [0.3, 0.4) is 0 Å². The Morgan fingerprint density at radius 3 is 2.78 bits per heavy atom. The van der Waals surface area contributed by atoms with E-state index in [-0.39, 0.29) is 36.4 Å². The Morgan fingerprint density at radius 1 is 1.35 bits per heavy atom. The van der Waals surface area contributed by atoms with Crippen molar-refractivity contribution < 1.29 is 4.79 Å². The van der Waals surface area contributed by atoms with Crippen molar-refractivity contribution in [1.29, 1.82) is 0 Å². The van der Waals surface area contributed by atoms with Crippen LogP contribution < -0.4 is 16.0 Å². The number of nitrogens with one attached hydrogen (secondary N) is 3. The summed E-state index contributed by atoms with van der Waals surface area (Å²) in [5.74, 6) is 0.644. The highest BCUT2D eigenvalue weighted by Gasteiger charge is 2.22. The molecule has 0 bridgehead atoms. The van der Waals surface area contributed by atoms with E-state index < -0.39 is 0 Å². The molecule has 1 aliphatic rings. The van der Waals surface area contributed by atoms with Gasteiger partial charge >= 0.3 is 0 Å². The lowest BCUT2D eigenvalue weighted by atomic mass is 10.1. The van der Waals surface area contributed by atoms with E-state index in [0.29, 0.717) is 12.0 Å². The lowest BCUT2D eigenvalue weighted by molar-refractivity contribution is -0.119. The minimum absolute atomic E-state index is 0. The van der Waals surface area contributed by atoms with Gasteiger partial charge in [0.2, 0.25) is 5.91 Å². The Labute approximate surface area is 159 Å². The van der Waals surface area contributed by atoms with Crippen LogP contribution in [0.1, 0.15) is 25.3 Å². The molecule has 0 spiro atoms. The molecular formula is C16H24ClIN4O. The summed E-state index contributed by atoms with van der Waals surface area (Å²) in [5, 5.41) is 10.0. The van der Waals surface area contributed by atoms with Crippen molar-refractivity contribution >= 4 is 47.4 Å². The second-order valence-corrected chi connectivity index (χ2v) is 5.78. The van der Waals surface area contributed by atoms with Crippen LogP contribution in [0.5, 0.6) is 0 Å². The van der Waals surface area contributed by atoms with Gasteiger partial charge in [0.1, 0.15) is 6.54 Å². The Hall–Kier alpha value is -1.02. The van der Waals surface area contributed by atoms with Crippen molar-refractivity contribution in [2.45, 2.75) is 32.2 Å².